The van der Waals surface area contributed by atoms with Gasteiger partial charge in [-0.25, -0.2) is 0 Å². The van der Waals surface area contributed by atoms with Crippen molar-refractivity contribution in [3.63, 3.8) is 0 Å². The highest BCUT2D eigenvalue weighted by molar-refractivity contribution is 5.96. The minimum absolute atomic E-state index is 0.261. The number of nitrogens with one attached hydrogen (secondary N) is 1. The third-order valence-electron chi connectivity index (χ3n) is 5.92. The highest BCUT2D eigenvalue weighted by Crippen LogP contribution is 2.29. The van der Waals surface area contributed by atoms with Crippen LogP contribution in [0.4, 0.5) is 5.69 Å². The average Bonchev–Trinajstić information content (AvgIpc) is 3.01. The fourth-order valence-electron chi connectivity index (χ4n) is 4.22. The molecule has 1 amide bonds. The number of carboxylic acid groups (broad SMARTS) is 1. The largest absolute Gasteiger partial charge is 0.481 e. The molecule has 0 aliphatic heterocycles. The Labute approximate surface area is 175 Å². The van der Waals surface area contributed by atoms with Crippen LogP contribution in [0.25, 0.3) is 10.8 Å². The molecule has 4 rings (SSSR count). The zero-order valence-electron chi connectivity index (χ0n) is 17.1. The smallest absolute Gasteiger partial charge is 0.307 e. The number of aromatic nitrogens is 2. The Morgan fingerprint density at radius 3 is 2.53 bits per heavy atom. The van der Waals surface area contributed by atoms with Crippen molar-refractivity contribution in [3.8, 4) is 0 Å². The van der Waals surface area contributed by atoms with Crippen molar-refractivity contribution in [2.24, 2.45) is 11.8 Å². The highest BCUT2D eigenvalue weighted by atomic mass is 16.4. The molecule has 0 bridgehead atoms. The lowest BCUT2D eigenvalue weighted by atomic mass is 9.82. The number of rotatable bonds is 5. The van der Waals surface area contributed by atoms with Crippen LogP contribution in [0.1, 0.15) is 29.8 Å². The van der Waals surface area contributed by atoms with Crippen LogP contribution in [0.5, 0.6) is 0 Å². The molecule has 1 aliphatic rings. The Bertz CT molecular complexity index is 1140. The van der Waals surface area contributed by atoms with Gasteiger partial charge in [-0.15, -0.1) is 0 Å². The summed E-state index contributed by atoms with van der Waals surface area (Å²) in [5.74, 6) is -2.46. The number of aryl methyl sites for hydroxylation is 1. The maximum atomic E-state index is 12.9. The first-order chi connectivity index (χ1) is 14.5. The summed E-state index contributed by atoms with van der Waals surface area (Å²) in [6.45, 7) is 4.38. The molecule has 2 N–H and O–H groups in total. The van der Waals surface area contributed by atoms with Gasteiger partial charge in [-0.2, -0.15) is 5.10 Å². The van der Waals surface area contributed by atoms with Crippen LogP contribution in [0.15, 0.2) is 54.6 Å². The normalized spacial score (nSPS) is 18.5. The summed E-state index contributed by atoms with van der Waals surface area (Å²) in [6.07, 6.45) is 4.53. The Morgan fingerprint density at radius 1 is 1.07 bits per heavy atom. The molecule has 6 nitrogen and oxygen atoms in total. The molecular weight excluding hydrogens is 378 g/mol. The van der Waals surface area contributed by atoms with Crippen molar-refractivity contribution in [2.45, 2.75) is 33.2 Å². The molecule has 2 atom stereocenters. The van der Waals surface area contributed by atoms with Gasteiger partial charge in [-0.1, -0.05) is 54.6 Å². The minimum Gasteiger partial charge on any atom is -0.481 e. The summed E-state index contributed by atoms with van der Waals surface area (Å²) in [5, 5.41) is 19.4. The predicted molar refractivity (Wildman–Crippen MR) is 116 cm³/mol. The topological polar surface area (TPSA) is 84.2 Å². The van der Waals surface area contributed by atoms with E-state index in [4.69, 9.17) is 0 Å². The van der Waals surface area contributed by atoms with Crippen molar-refractivity contribution < 1.29 is 14.7 Å². The van der Waals surface area contributed by atoms with E-state index < -0.39 is 17.8 Å². The number of hydrogen-bond acceptors (Lipinski definition) is 3. The number of carboxylic acids is 1. The van der Waals surface area contributed by atoms with Crippen molar-refractivity contribution in [2.75, 3.05) is 5.32 Å². The second-order valence-electron chi connectivity index (χ2n) is 7.83. The van der Waals surface area contributed by atoms with Crippen LogP contribution in [0, 0.1) is 25.7 Å². The lowest BCUT2D eigenvalue weighted by Gasteiger charge is -2.24. The van der Waals surface area contributed by atoms with E-state index in [1.165, 1.54) is 10.8 Å². The quantitative estimate of drug-likeness (QED) is 0.622. The molecule has 0 saturated carbocycles. The third-order valence-corrected chi connectivity index (χ3v) is 5.92. The van der Waals surface area contributed by atoms with Gasteiger partial charge < -0.3 is 10.4 Å². The SMILES string of the molecule is Cc1nn(Cc2cccc3ccccc23)c(C)c1NC(=O)[C@H]1CC=CC[C@@H]1C(=O)O. The fraction of sp³-hybridized carbons (Fsp3) is 0.292. The number of aliphatic carboxylic acids is 1. The van der Waals surface area contributed by atoms with Gasteiger partial charge in [0, 0.05) is 0 Å². The Hall–Kier alpha value is -3.41. The number of fused-ring (bicyclic) bond motifs is 1. The molecule has 0 radical (unpaired) electrons. The van der Waals surface area contributed by atoms with Gasteiger partial charge in [-0.3, -0.25) is 14.3 Å². The third kappa shape index (κ3) is 3.73. The van der Waals surface area contributed by atoms with Crippen LogP contribution in [0.2, 0.25) is 0 Å². The molecule has 1 aromatic heterocycles. The Morgan fingerprint density at radius 2 is 1.77 bits per heavy atom. The van der Waals surface area contributed by atoms with Crippen molar-refractivity contribution in [1.29, 1.82) is 0 Å². The van der Waals surface area contributed by atoms with E-state index >= 15 is 0 Å². The number of anilines is 1. The van der Waals surface area contributed by atoms with Gasteiger partial charge in [0.25, 0.3) is 0 Å². The van der Waals surface area contributed by atoms with Gasteiger partial charge in [0.1, 0.15) is 0 Å². The monoisotopic (exact) mass is 403 g/mol. The summed E-state index contributed by atoms with van der Waals surface area (Å²) >= 11 is 0. The van der Waals surface area contributed by atoms with Gasteiger partial charge in [0.05, 0.1) is 35.5 Å². The van der Waals surface area contributed by atoms with Crippen LogP contribution >= 0.6 is 0 Å². The van der Waals surface area contributed by atoms with E-state index in [1.807, 2.05) is 48.9 Å². The number of nitrogens with zero attached hydrogens (tertiary/aromatic N) is 2. The van der Waals surface area contributed by atoms with E-state index in [0.29, 0.717) is 25.1 Å². The van der Waals surface area contributed by atoms with Crippen LogP contribution < -0.4 is 5.32 Å². The number of carbonyl (C=O) groups is 2. The van der Waals surface area contributed by atoms with Crippen LogP contribution in [-0.4, -0.2) is 26.8 Å². The van der Waals surface area contributed by atoms with Gasteiger partial charge in [-0.05, 0) is 43.0 Å². The van der Waals surface area contributed by atoms with Crippen LogP contribution in [-0.2, 0) is 16.1 Å². The zero-order chi connectivity index (χ0) is 21.3. The standard InChI is InChI=1S/C24H25N3O3/c1-15-22(25-23(28)20-12-5-6-13-21(20)24(29)30)16(2)27(26-15)14-18-10-7-9-17-8-3-4-11-19(17)18/h3-11,20-21H,12-14H2,1-2H3,(H,25,28)(H,29,30)/t20-,21-/m0/s1. The number of amides is 1. The fourth-order valence-corrected chi connectivity index (χ4v) is 4.22. The predicted octanol–water partition coefficient (Wildman–Crippen LogP) is 4.31. The Balaban J connectivity index is 1.59. The molecule has 154 valence electrons. The van der Waals surface area contributed by atoms with Gasteiger partial charge >= 0.3 is 5.97 Å². The maximum Gasteiger partial charge on any atom is 0.307 e. The van der Waals surface area contributed by atoms with Crippen LogP contribution in [0.3, 0.4) is 0 Å². The minimum atomic E-state index is -0.931. The highest BCUT2D eigenvalue weighted by Gasteiger charge is 2.34. The van der Waals surface area contributed by atoms with E-state index in [2.05, 4.69) is 34.7 Å². The maximum absolute atomic E-state index is 12.9. The van der Waals surface area contributed by atoms with E-state index in [9.17, 15) is 14.7 Å². The molecule has 1 heterocycles. The number of allylic oxidation sites excluding steroid dienone is 2. The zero-order valence-corrected chi connectivity index (χ0v) is 17.1. The molecule has 2 aromatic carbocycles. The number of benzene rings is 2. The average molecular weight is 403 g/mol. The first kappa shape index (κ1) is 19.9. The summed E-state index contributed by atoms with van der Waals surface area (Å²) < 4.78 is 1.89. The molecule has 3 aromatic rings. The number of hydrogen-bond donors (Lipinski definition) is 2. The summed E-state index contributed by atoms with van der Waals surface area (Å²) in [5.41, 5.74) is 3.39. The summed E-state index contributed by atoms with van der Waals surface area (Å²) in [4.78, 5) is 24.4. The summed E-state index contributed by atoms with van der Waals surface area (Å²) in [6, 6.07) is 14.4. The molecule has 1 aliphatic carbocycles. The Kier molecular flexibility index (Phi) is 5.40. The molecule has 6 heteroatoms. The van der Waals surface area contributed by atoms with Crippen molar-refractivity contribution >= 4 is 28.3 Å². The molecule has 0 fully saturated rings. The molecule has 30 heavy (non-hydrogen) atoms. The summed E-state index contributed by atoms with van der Waals surface area (Å²) in [7, 11) is 0. The van der Waals surface area contributed by atoms with Gasteiger partial charge in [0.15, 0.2) is 0 Å². The molecule has 0 unspecified atom stereocenters. The van der Waals surface area contributed by atoms with Gasteiger partial charge in [0.2, 0.25) is 5.91 Å². The second kappa shape index (κ2) is 8.14. The van der Waals surface area contributed by atoms with Crippen molar-refractivity contribution in [3.05, 3.63) is 71.6 Å². The van der Waals surface area contributed by atoms with E-state index in [0.717, 1.165) is 17.0 Å². The number of carbonyl (C=O) groups excluding carboxylic acids is 1. The first-order valence-corrected chi connectivity index (χ1v) is 10.1. The lowest BCUT2D eigenvalue weighted by molar-refractivity contribution is -0.146. The molecular formula is C24H25N3O3. The van der Waals surface area contributed by atoms with E-state index in [-0.39, 0.29) is 5.91 Å². The lowest BCUT2D eigenvalue weighted by Crippen LogP contribution is -2.35. The van der Waals surface area contributed by atoms with Crippen molar-refractivity contribution in [1.82, 2.24) is 9.78 Å². The first-order valence-electron chi connectivity index (χ1n) is 10.1. The second-order valence-corrected chi connectivity index (χ2v) is 7.83. The van der Waals surface area contributed by atoms with E-state index in [1.54, 1.807) is 0 Å². The molecule has 0 spiro atoms. The molecule has 0 saturated heterocycles.